The van der Waals surface area contributed by atoms with E-state index in [1.165, 1.54) is 36.5 Å². The van der Waals surface area contributed by atoms with Gasteiger partial charge in [0.1, 0.15) is 5.56 Å². The normalized spacial score (nSPS) is 11.9. The van der Waals surface area contributed by atoms with E-state index in [-0.39, 0.29) is 16.1 Å². The lowest BCUT2D eigenvalue weighted by molar-refractivity contribution is -0.154. The number of anilines is 1. The van der Waals surface area contributed by atoms with Crippen LogP contribution in [-0.4, -0.2) is 38.3 Å². The summed E-state index contributed by atoms with van der Waals surface area (Å²) in [5.74, 6) is -1.25. The average Bonchev–Trinajstić information content (AvgIpc) is 2.53. The molecule has 0 bridgehead atoms. The van der Waals surface area contributed by atoms with Crippen molar-refractivity contribution in [3.63, 3.8) is 0 Å². The highest BCUT2D eigenvalue weighted by Crippen LogP contribution is 2.24. The van der Waals surface area contributed by atoms with Gasteiger partial charge in [0, 0.05) is 18.1 Å². The van der Waals surface area contributed by atoms with Crippen LogP contribution < -0.4 is 10.1 Å². The first-order chi connectivity index (χ1) is 12.0. The lowest BCUT2D eigenvalue weighted by atomic mass is 10.2. The number of aryl methyl sites for hydroxylation is 1. The minimum Gasteiger partial charge on any atom is -0.467 e. The van der Waals surface area contributed by atoms with Gasteiger partial charge in [-0.2, -0.15) is 13.2 Å². The summed E-state index contributed by atoms with van der Waals surface area (Å²) in [6.45, 7) is 0.0544. The quantitative estimate of drug-likeness (QED) is 0.851. The van der Waals surface area contributed by atoms with Gasteiger partial charge < -0.3 is 10.1 Å². The van der Waals surface area contributed by atoms with Crippen LogP contribution in [0.4, 0.5) is 18.9 Å². The summed E-state index contributed by atoms with van der Waals surface area (Å²) >= 11 is 0. The smallest absolute Gasteiger partial charge is 0.422 e. The SMILES string of the molecule is Cc1ccc(S(C)(=O)=O)cc1NC(=O)c1cccnc1OCC(F)(F)F. The van der Waals surface area contributed by atoms with Crippen LogP contribution in [0.2, 0.25) is 0 Å². The summed E-state index contributed by atoms with van der Waals surface area (Å²) in [5.41, 5.74) is 0.580. The Morgan fingerprint density at radius 3 is 2.58 bits per heavy atom. The Balaban J connectivity index is 2.29. The number of sulfone groups is 1. The zero-order valence-electron chi connectivity index (χ0n) is 13.8. The van der Waals surface area contributed by atoms with Crippen molar-refractivity contribution in [2.75, 3.05) is 18.2 Å². The van der Waals surface area contributed by atoms with Crippen LogP contribution in [0.25, 0.3) is 0 Å². The van der Waals surface area contributed by atoms with E-state index in [1.807, 2.05) is 0 Å². The third-order valence-corrected chi connectivity index (χ3v) is 4.38. The van der Waals surface area contributed by atoms with E-state index in [0.29, 0.717) is 5.56 Å². The summed E-state index contributed by atoms with van der Waals surface area (Å²) in [7, 11) is -3.49. The fourth-order valence-corrected chi connectivity index (χ4v) is 2.63. The molecule has 10 heteroatoms. The molecule has 1 aromatic carbocycles. The van der Waals surface area contributed by atoms with Crippen LogP contribution in [0.5, 0.6) is 5.88 Å². The third-order valence-electron chi connectivity index (χ3n) is 3.27. The number of hydrogen-bond acceptors (Lipinski definition) is 5. The Hall–Kier alpha value is -2.62. The van der Waals surface area contributed by atoms with Gasteiger partial charge in [-0.25, -0.2) is 13.4 Å². The van der Waals surface area contributed by atoms with Crippen LogP contribution >= 0.6 is 0 Å². The van der Waals surface area contributed by atoms with Gasteiger partial charge >= 0.3 is 6.18 Å². The van der Waals surface area contributed by atoms with Gasteiger partial charge in [-0.1, -0.05) is 6.07 Å². The van der Waals surface area contributed by atoms with Gasteiger partial charge in [0.2, 0.25) is 5.88 Å². The Bertz CT molecular complexity index is 927. The molecule has 2 rings (SSSR count). The summed E-state index contributed by atoms with van der Waals surface area (Å²) in [6, 6.07) is 6.80. The molecule has 0 radical (unpaired) electrons. The summed E-state index contributed by atoms with van der Waals surface area (Å²) < 4.78 is 64.8. The van der Waals surface area contributed by atoms with Crippen molar-refractivity contribution in [2.24, 2.45) is 0 Å². The lowest BCUT2D eigenvalue weighted by Crippen LogP contribution is -2.22. The highest BCUT2D eigenvalue weighted by Gasteiger charge is 2.29. The molecule has 0 spiro atoms. The van der Waals surface area contributed by atoms with Gasteiger partial charge in [0.25, 0.3) is 5.91 Å². The van der Waals surface area contributed by atoms with Crippen LogP contribution in [-0.2, 0) is 9.84 Å². The van der Waals surface area contributed by atoms with Gasteiger partial charge in [-0.15, -0.1) is 0 Å². The number of nitrogens with zero attached hydrogens (tertiary/aromatic N) is 1. The molecule has 1 N–H and O–H groups in total. The second-order valence-corrected chi connectivity index (χ2v) is 7.48. The number of aromatic nitrogens is 1. The number of alkyl halides is 3. The Kier molecular flexibility index (Phi) is 5.55. The number of rotatable bonds is 5. The van der Waals surface area contributed by atoms with E-state index in [1.54, 1.807) is 6.92 Å². The topological polar surface area (TPSA) is 85.4 Å². The molecule has 1 amide bonds. The van der Waals surface area contributed by atoms with E-state index in [0.717, 1.165) is 6.26 Å². The van der Waals surface area contributed by atoms with Crippen LogP contribution in [0.1, 0.15) is 15.9 Å². The molecule has 140 valence electrons. The first kappa shape index (κ1) is 19.7. The van der Waals surface area contributed by atoms with E-state index in [4.69, 9.17) is 0 Å². The van der Waals surface area contributed by atoms with Gasteiger partial charge in [-0.3, -0.25) is 4.79 Å². The van der Waals surface area contributed by atoms with Crippen molar-refractivity contribution < 1.29 is 31.1 Å². The number of ether oxygens (including phenoxy) is 1. The zero-order valence-corrected chi connectivity index (χ0v) is 14.6. The van der Waals surface area contributed by atoms with Crippen LogP contribution in [0, 0.1) is 6.92 Å². The van der Waals surface area contributed by atoms with Crippen molar-refractivity contribution in [1.29, 1.82) is 0 Å². The molecule has 2 aromatic rings. The number of halogens is 3. The highest BCUT2D eigenvalue weighted by atomic mass is 32.2. The molecule has 1 aromatic heterocycles. The number of amides is 1. The van der Waals surface area contributed by atoms with E-state index in [9.17, 15) is 26.4 Å². The second-order valence-electron chi connectivity index (χ2n) is 5.46. The molecule has 0 aliphatic heterocycles. The predicted octanol–water partition coefficient (Wildman–Crippen LogP) is 2.99. The van der Waals surface area contributed by atoms with Crippen LogP contribution in [0.15, 0.2) is 41.4 Å². The monoisotopic (exact) mass is 388 g/mol. The van der Waals surface area contributed by atoms with E-state index in [2.05, 4.69) is 15.0 Å². The average molecular weight is 388 g/mol. The molecule has 26 heavy (non-hydrogen) atoms. The number of carbonyl (C=O) groups is 1. The highest BCUT2D eigenvalue weighted by molar-refractivity contribution is 7.90. The molecule has 0 aliphatic rings. The fourth-order valence-electron chi connectivity index (χ4n) is 1.98. The molecule has 6 nitrogen and oxygen atoms in total. The first-order valence-corrected chi connectivity index (χ1v) is 9.13. The van der Waals surface area contributed by atoms with Crippen molar-refractivity contribution in [2.45, 2.75) is 18.0 Å². The Morgan fingerprint density at radius 1 is 1.27 bits per heavy atom. The molecule has 1 heterocycles. The van der Waals surface area contributed by atoms with Crippen molar-refractivity contribution in [3.8, 4) is 5.88 Å². The number of hydrogen-bond donors (Lipinski definition) is 1. The van der Waals surface area contributed by atoms with Crippen molar-refractivity contribution in [3.05, 3.63) is 47.7 Å². The zero-order chi connectivity index (χ0) is 19.5. The standard InChI is InChI=1S/C16H15F3N2O4S/c1-10-5-6-11(26(2,23)24)8-13(10)21-14(22)12-4-3-7-20-15(12)25-9-16(17,18)19/h3-8H,9H2,1-2H3,(H,21,22). The molecule has 0 fully saturated rings. The van der Waals surface area contributed by atoms with Crippen molar-refractivity contribution >= 4 is 21.4 Å². The molecule has 0 aliphatic carbocycles. The number of nitrogens with one attached hydrogen (secondary N) is 1. The van der Waals surface area contributed by atoms with Gasteiger partial charge in [-0.05, 0) is 36.8 Å². The summed E-state index contributed by atoms with van der Waals surface area (Å²) in [5, 5.41) is 2.47. The predicted molar refractivity (Wildman–Crippen MR) is 88.0 cm³/mol. The van der Waals surface area contributed by atoms with E-state index < -0.39 is 34.4 Å². The maximum atomic E-state index is 12.4. The Morgan fingerprint density at radius 2 is 1.96 bits per heavy atom. The number of pyridine rings is 1. The minimum atomic E-state index is -4.58. The minimum absolute atomic E-state index is 0.00173. The molecule has 0 atom stereocenters. The fraction of sp³-hybridized carbons (Fsp3) is 0.250. The Labute approximate surface area is 147 Å². The number of carbonyl (C=O) groups excluding carboxylic acids is 1. The number of benzene rings is 1. The van der Waals surface area contributed by atoms with Crippen molar-refractivity contribution in [1.82, 2.24) is 4.98 Å². The summed E-state index contributed by atoms with van der Waals surface area (Å²) in [4.78, 5) is 16.1. The van der Waals surface area contributed by atoms with E-state index >= 15 is 0 Å². The molecule has 0 saturated heterocycles. The second kappa shape index (κ2) is 7.32. The largest absolute Gasteiger partial charge is 0.467 e. The lowest BCUT2D eigenvalue weighted by Gasteiger charge is -2.13. The molecular formula is C16H15F3N2O4S. The van der Waals surface area contributed by atoms with Gasteiger partial charge in [0.15, 0.2) is 16.4 Å². The van der Waals surface area contributed by atoms with Gasteiger partial charge in [0.05, 0.1) is 4.90 Å². The summed E-state index contributed by atoms with van der Waals surface area (Å²) in [6.07, 6.45) is -2.36. The molecule has 0 saturated carbocycles. The maximum Gasteiger partial charge on any atom is 0.422 e. The molecular weight excluding hydrogens is 373 g/mol. The van der Waals surface area contributed by atoms with Crippen LogP contribution in [0.3, 0.4) is 0 Å². The first-order valence-electron chi connectivity index (χ1n) is 7.24. The molecule has 0 unspecified atom stereocenters. The third kappa shape index (κ3) is 5.19. The maximum absolute atomic E-state index is 12.4.